The van der Waals surface area contributed by atoms with E-state index in [1.54, 1.807) is 17.4 Å². The van der Waals surface area contributed by atoms with Crippen molar-refractivity contribution in [2.45, 2.75) is 27.2 Å². The van der Waals surface area contributed by atoms with Crippen molar-refractivity contribution in [3.8, 4) is 0 Å². The summed E-state index contributed by atoms with van der Waals surface area (Å²) in [6, 6.07) is 1.79. The van der Waals surface area contributed by atoms with E-state index in [4.69, 9.17) is 4.42 Å². The van der Waals surface area contributed by atoms with Crippen molar-refractivity contribution < 1.29 is 9.21 Å². The molecule has 0 bridgehead atoms. The van der Waals surface area contributed by atoms with E-state index in [2.05, 4.69) is 4.98 Å². The lowest BCUT2D eigenvalue weighted by atomic mass is 10.1. The van der Waals surface area contributed by atoms with Crippen molar-refractivity contribution in [2.75, 3.05) is 0 Å². The summed E-state index contributed by atoms with van der Waals surface area (Å²) < 4.78 is 5.34. The maximum Gasteiger partial charge on any atom is 0.172 e. The molecule has 2 aromatic heterocycles. The monoisotopic (exact) mass is 235 g/mol. The van der Waals surface area contributed by atoms with Gasteiger partial charge in [0.25, 0.3) is 0 Å². The van der Waals surface area contributed by atoms with Crippen molar-refractivity contribution in [1.82, 2.24) is 4.98 Å². The van der Waals surface area contributed by atoms with Gasteiger partial charge in [0, 0.05) is 5.38 Å². The minimum absolute atomic E-state index is 0.0691. The number of ketones is 1. The fraction of sp³-hybridized carbons (Fsp3) is 0.333. The van der Waals surface area contributed by atoms with Crippen molar-refractivity contribution in [3.63, 3.8) is 0 Å². The van der Waals surface area contributed by atoms with E-state index in [0.717, 1.165) is 16.5 Å². The standard InChI is InChI=1S/C12H13NO2S/c1-7-4-11(8(2)15-7)12(14)5-10-6-16-9(3)13-10/h4,6H,5H2,1-3H3. The molecule has 0 fully saturated rings. The molecule has 0 N–H and O–H groups in total. The molecule has 0 radical (unpaired) electrons. The first-order valence-electron chi connectivity index (χ1n) is 5.07. The number of rotatable bonds is 3. The molecule has 2 aromatic rings. The van der Waals surface area contributed by atoms with Gasteiger partial charge in [-0.25, -0.2) is 4.98 Å². The molecule has 0 unspecified atom stereocenters. The highest BCUT2D eigenvalue weighted by Gasteiger charge is 2.15. The van der Waals surface area contributed by atoms with Crippen LogP contribution >= 0.6 is 11.3 Å². The Bertz CT molecular complexity index is 525. The third kappa shape index (κ3) is 2.22. The minimum Gasteiger partial charge on any atom is -0.466 e. The van der Waals surface area contributed by atoms with Crippen LogP contribution in [0.2, 0.25) is 0 Å². The van der Waals surface area contributed by atoms with Crippen LogP contribution < -0.4 is 0 Å². The van der Waals surface area contributed by atoms with Crippen LogP contribution in [-0.2, 0) is 6.42 Å². The van der Waals surface area contributed by atoms with Crippen molar-refractivity contribution >= 4 is 17.1 Å². The van der Waals surface area contributed by atoms with Gasteiger partial charge in [-0.2, -0.15) is 0 Å². The smallest absolute Gasteiger partial charge is 0.172 e. The molecule has 0 amide bonds. The number of aromatic nitrogens is 1. The summed E-state index contributed by atoms with van der Waals surface area (Å²) in [4.78, 5) is 16.2. The van der Waals surface area contributed by atoms with Gasteiger partial charge in [-0.05, 0) is 26.8 Å². The molecule has 4 heteroatoms. The molecule has 0 atom stereocenters. The van der Waals surface area contributed by atoms with E-state index < -0.39 is 0 Å². The average Bonchev–Trinajstić information content (AvgIpc) is 2.73. The Balaban J connectivity index is 2.17. The SMILES string of the molecule is Cc1cc(C(=O)Cc2csc(C)n2)c(C)o1. The van der Waals surface area contributed by atoms with Crippen molar-refractivity contribution in [1.29, 1.82) is 0 Å². The molecule has 3 nitrogen and oxygen atoms in total. The van der Waals surface area contributed by atoms with Gasteiger partial charge >= 0.3 is 0 Å². The third-order valence-electron chi connectivity index (χ3n) is 2.35. The first-order valence-corrected chi connectivity index (χ1v) is 5.95. The molecular weight excluding hydrogens is 222 g/mol. The Morgan fingerprint density at radius 3 is 2.69 bits per heavy atom. The van der Waals surface area contributed by atoms with Crippen LogP contribution in [0.25, 0.3) is 0 Å². The number of Topliss-reactive ketones (excluding diaryl/α,β-unsaturated/α-hetero) is 1. The van der Waals surface area contributed by atoms with Crippen LogP contribution in [0.1, 0.15) is 32.6 Å². The van der Waals surface area contributed by atoms with Gasteiger partial charge in [0.05, 0.1) is 22.7 Å². The molecule has 2 heterocycles. The summed E-state index contributed by atoms with van der Waals surface area (Å²) in [7, 11) is 0. The number of nitrogens with zero attached hydrogens (tertiary/aromatic N) is 1. The second-order valence-corrected chi connectivity index (χ2v) is 4.85. The summed E-state index contributed by atoms with van der Waals surface area (Å²) >= 11 is 1.56. The van der Waals surface area contributed by atoms with E-state index in [-0.39, 0.29) is 5.78 Å². The molecular formula is C12H13NO2S. The van der Waals surface area contributed by atoms with E-state index in [1.807, 2.05) is 26.2 Å². The van der Waals surface area contributed by atoms with Crippen molar-refractivity contribution in [3.05, 3.63) is 39.2 Å². The van der Waals surface area contributed by atoms with Crippen LogP contribution in [-0.4, -0.2) is 10.8 Å². The van der Waals surface area contributed by atoms with Crippen LogP contribution in [0.3, 0.4) is 0 Å². The van der Waals surface area contributed by atoms with E-state index in [0.29, 0.717) is 17.7 Å². The highest BCUT2D eigenvalue weighted by Crippen LogP contribution is 2.17. The lowest BCUT2D eigenvalue weighted by Crippen LogP contribution is -2.04. The highest BCUT2D eigenvalue weighted by atomic mass is 32.1. The first kappa shape index (κ1) is 11.1. The number of carbonyl (C=O) groups excluding carboxylic acids is 1. The lowest BCUT2D eigenvalue weighted by Gasteiger charge is -1.95. The lowest BCUT2D eigenvalue weighted by molar-refractivity contribution is 0.0990. The fourth-order valence-corrected chi connectivity index (χ4v) is 2.27. The Morgan fingerprint density at radius 2 is 2.19 bits per heavy atom. The molecule has 2 rings (SSSR count). The van der Waals surface area contributed by atoms with E-state index in [9.17, 15) is 4.79 Å². The molecule has 16 heavy (non-hydrogen) atoms. The number of furan rings is 1. The fourth-order valence-electron chi connectivity index (χ4n) is 1.66. The van der Waals surface area contributed by atoms with Crippen LogP contribution in [0, 0.1) is 20.8 Å². The molecule has 0 aliphatic heterocycles. The molecule has 0 spiro atoms. The predicted octanol–water partition coefficient (Wildman–Crippen LogP) is 3.09. The first-order chi connectivity index (χ1) is 7.56. The quantitative estimate of drug-likeness (QED) is 0.768. The van der Waals surface area contributed by atoms with Gasteiger partial charge < -0.3 is 4.42 Å². The largest absolute Gasteiger partial charge is 0.466 e. The maximum atomic E-state index is 12.0. The van der Waals surface area contributed by atoms with Crippen LogP contribution in [0.5, 0.6) is 0 Å². The normalized spacial score (nSPS) is 10.7. The average molecular weight is 235 g/mol. The van der Waals surface area contributed by atoms with Crippen LogP contribution in [0.15, 0.2) is 15.9 Å². The van der Waals surface area contributed by atoms with Gasteiger partial charge in [-0.3, -0.25) is 4.79 Å². The van der Waals surface area contributed by atoms with E-state index in [1.165, 1.54) is 0 Å². The molecule has 84 valence electrons. The van der Waals surface area contributed by atoms with Crippen molar-refractivity contribution in [2.24, 2.45) is 0 Å². The zero-order valence-electron chi connectivity index (χ0n) is 9.53. The molecule has 0 aliphatic rings. The van der Waals surface area contributed by atoms with Gasteiger partial charge in [0.2, 0.25) is 0 Å². The predicted molar refractivity (Wildman–Crippen MR) is 63.1 cm³/mol. The Morgan fingerprint density at radius 1 is 1.44 bits per heavy atom. The summed E-state index contributed by atoms with van der Waals surface area (Å²) in [5.41, 5.74) is 1.51. The zero-order chi connectivity index (χ0) is 11.7. The topological polar surface area (TPSA) is 43.1 Å². The second kappa shape index (κ2) is 4.22. The number of carbonyl (C=O) groups is 1. The summed E-state index contributed by atoms with van der Waals surface area (Å²) in [6.45, 7) is 5.59. The Labute approximate surface area is 98.1 Å². The minimum atomic E-state index is 0.0691. The second-order valence-electron chi connectivity index (χ2n) is 3.78. The Hall–Kier alpha value is -1.42. The Kier molecular flexibility index (Phi) is 2.92. The third-order valence-corrected chi connectivity index (χ3v) is 3.17. The summed E-state index contributed by atoms with van der Waals surface area (Å²) in [5.74, 6) is 1.53. The van der Waals surface area contributed by atoms with E-state index >= 15 is 0 Å². The summed E-state index contributed by atoms with van der Waals surface area (Å²) in [6.07, 6.45) is 0.351. The van der Waals surface area contributed by atoms with Gasteiger partial charge in [-0.1, -0.05) is 0 Å². The summed E-state index contributed by atoms with van der Waals surface area (Å²) in [5, 5.41) is 2.91. The molecule has 0 saturated carbocycles. The maximum absolute atomic E-state index is 12.0. The molecule has 0 aliphatic carbocycles. The highest BCUT2D eigenvalue weighted by molar-refractivity contribution is 7.09. The number of thiazole rings is 1. The van der Waals surface area contributed by atoms with Crippen LogP contribution in [0.4, 0.5) is 0 Å². The number of aryl methyl sites for hydroxylation is 3. The van der Waals surface area contributed by atoms with Gasteiger partial charge in [0.1, 0.15) is 11.5 Å². The molecule has 0 aromatic carbocycles. The van der Waals surface area contributed by atoms with Gasteiger partial charge in [-0.15, -0.1) is 11.3 Å². The molecule has 0 saturated heterocycles. The number of hydrogen-bond acceptors (Lipinski definition) is 4. The number of hydrogen-bond donors (Lipinski definition) is 0. The zero-order valence-corrected chi connectivity index (χ0v) is 10.4. The van der Waals surface area contributed by atoms with Gasteiger partial charge in [0.15, 0.2) is 5.78 Å².